The molecule has 1 aromatic carbocycles. The Morgan fingerprint density at radius 2 is 2.14 bits per heavy atom. The van der Waals surface area contributed by atoms with Crippen molar-refractivity contribution in [2.75, 3.05) is 13.7 Å². The maximum atomic E-state index is 12.4. The molecule has 0 spiro atoms. The van der Waals surface area contributed by atoms with E-state index in [9.17, 15) is 5.11 Å². The van der Waals surface area contributed by atoms with Gasteiger partial charge in [0.2, 0.25) is 5.88 Å². The van der Waals surface area contributed by atoms with Crippen LogP contribution in [-0.2, 0) is 19.1 Å². The van der Waals surface area contributed by atoms with Crippen LogP contribution in [0.15, 0.2) is 65.8 Å². The van der Waals surface area contributed by atoms with Gasteiger partial charge in [0.25, 0.3) is 0 Å². The Balaban J connectivity index is 1.69. The van der Waals surface area contributed by atoms with Gasteiger partial charge in [-0.3, -0.25) is 0 Å². The Hall–Kier alpha value is -3.13. The fourth-order valence-corrected chi connectivity index (χ4v) is 5.83. The molecule has 0 fully saturated rings. The third kappa shape index (κ3) is 3.93. The minimum atomic E-state index is -1.53. The molecule has 2 atom stereocenters. The Morgan fingerprint density at radius 1 is 1.29 bits per heavy atom. The molecule has 0 amide bonds. The van der Waals surface area contributed by atoms with Crippen LogP contribution in [0.25, 0.3) is 17.2 Å². The highest BCUT2D eigenvalue weighted by Gasteiger charge is 2.53. The number of thiophene rings is 1. The van der Waals surface area contributed by atoms with Crippen molar-refractivity contribution >= 4 is 29.0 Å². The Labute approximate surface area is 213 Å². The van der Waals surface area contributed by atoms with E-state index in [0.29, 0.717) is 24.6 Å². The lowest BCUT2D eigenvalue weighted by molar-refractivity contribution is 0.0426. The first-order valence-corrected chi connectivity index (χ1v) is 12.6. The molecule has 5 rings (SSSR count). The van der Waals surface area contributed by atoms with E-state index in [2.05, 4.69) is 9.97 Å². The fourth-order valence-electron chi connectivity index (χ4n) is 4.73. The van der Waals surface area contributed by atoms with Crippen LogP contribution >= 0.6 is 22.9 Å². The summed E-state index contributed by atoms with van der Waals surface area (Å²) in [4.78, 5) is 7.74. The molecule has 2 unspecified atom stereocenters. The summed E-state index contributed by atoms with van der Waals surface area (Å²) in [6, 6.07) is 11.7. The van der Waals surface area contributed by atoms with E-state index in [0.717, 1.165) is 33.7 Å². The first-order valence-electron chi connectivity index (χ1n) is 11.3. The number of methoxy groups -OCH3 is 1. The van der Waals surface area contributed by atoms with Crippen LogP contribution in [-0.4, -0.2) is 38.2 Å². The van der Waals surface area contributed by atoms with Crippen molar-refractivity contribution < 1.29 is 14.6 Å². The number of hydrogen-bond acceptors (Lipinski definition) is 6. The molecular formula is C27H26ClN3O3S. The summed E-state index contributed by atoms with van der Waals surface area (Å²) >= 11 is 8.94. The number of benzene rings is 1. The topological polar surface area (TPSA) is 69.4 Å². The number of aliphatic hydroxyl groups is 1. The highest BCUT2D eigenvalue weighted by atomic mass is 35.5. The molecule has 1 aliphatic rings. The Bertz CT molecular complexity index is 1380. The number of hydrogen-bond donors (Lipinski definition) is 1. The lowest BCUT2D eigenvalue weighted by atomic mass is 9.72. The van der Waals surface area contributed by atoms with Crippen LogP contribution in [0.2, 0.25) is 0 Å². The molecule has 0 radical (unpaired) electrons. The SMILES string of the molecule is CCOc1cccc(-c2cc(OC)nc3c2CC(Cl)(C(O)(c2ccsc2)c2cncn2C)C=C3)c1. The summed E-state index contributed by atoms with van der Waals surface area (Å²) in [6.07, 6.45) is 7.39. The van der Waals surface area contributed by atoms with E-state index >= 15 is 0 Å². The van der Waals surface area contributed by atoms with Crippen molar-refractivity contribution in [1.29, 1.82) is 0 Å². The van der Waals surface area contributed by atoms with E-state index in [4.69, 9.17) is 21.1 Å². The molecule has 3 aromatic heterocycles. The molecule has 1 aliphatic carbocycles. The van der Waals surface area contributed by atoms with Crippen LogP contribution in [0.4, 0.5) is 0 Å². The lowest BCUT2D eigenvalue weighted by Crippen LogP contribution is -2.50. The van der Waals surface area contributed by atoms with Gasteiger partial charge in [-0.2, -0.15) is 11.3 Å². The van der Waals surface area contributed by atoms with E-state index in [1.165, 1.54) is 11.3 Å². The number of ether oxygens (including phenoxy) is 2. The van der Waals surface area contributed by atoms with Gasteiger partial charge in [-0.15, -0.1) is 11.6 Å². The van der Waals surface area contributed by atoms with E-state index in [1.807, 2.05) is 77.8 Å². The number of halogens is 1. The number of aromatic nitrogens is 3. The van der Waals surface area contributed by atoms with Crippen molar-refractivity contribution in [3.8, 4) is 22.8 Å². The van der Waals surface area contributed by atoms with Crippen molar-refractivity contribution in [1.82, 2.24) is 14.5 Å². The molecular weight excluding hydrogens is 482 g/mol. The molecule has 1 N–H and O–H groups in total. The van der Waals surface area contributed by atoms with Gasteiger partial charge < -0.3 is 19.1 Å². The standard InChI is InChI=1S/C27H26ClN3O3S/c1-4-34-20-7-5-6-18(12-20)21-13-25(33-3)30-23-8-10-26(28,14-22(21)23)27(32,19-9-11-35-16-19)24-15-29-17-31(24)2/h5-13,15-17,32H,4,14H2,1-3H3. The summed E-state index contributed by atoms with van der Waals surface area (Å²) in [6.45, 7) is 2.54. The summed E-state index contributed by atoms with van der Waals surface area (Å²) in [7, 11) is 3.46. The Kier molecular flexibility index (Phi) is 6.17. The third-order valence-electron chi connectivity index (χ3n) is 6.47. The predicted molar refractivity (Wildman–Crippen MR) is 139 cm³/mol. The Morgan fingerprint density at radius 3 is 2.83 bits per heavy atom. The smallest absolute Gasteiger partial charge is 0.214 e. The van der Waals surface area contributed by atoms with Gasteiger partial charge >= 0.3 is 0 Å². The maximum Gasteiger partial charge on any atom is 0.214 e. The average Bonchev–Trinajstić information content (AvgIpc) is 3.56. The van der Waals surface area contributed by atoms with Gasteiger partial charge in [0, 0.05) is 25.1 Å². The van der Waals surface area contributed by atoms with Crippen LogP contribution in [0, 0.1) is 0 Å². The normalized spacial score (nSPS) is 18.7. The zero-order valence-electron chi connectivity index (χ0n) is 19.7. The first-order chi connectivity index (χ1) is 16.9. The zero-order chi connectivity index (χ0) is 24.6. The van der Waals surface area contributed by atoms with Crippen molar-refractivity contribution in [3.63, 3.8) is 0 Å². The molecule has 0 aliphatic heterocycles. The lowest BCUT2D eigenvalue weighted by Gasteiger charge is -2.43. The molecule has 35 heavy (non-hydrogen) atoms. The van der Waals surface area contributed by atoms with Gasteiger partial charge in [0.05, 0.1) is 37.6 Å². The average molecular weight is 508 g/mol. The predicted octanol–water partition coefficient (Wildman–Crippen LogP) is 5.43. The summed E-state index contributed by atoms with van der Waals surface area (Å²) < 4.78 is 13.1. The van der Waals surface area contributed by atoms with Gasteiger partial charge in [-0.05, 0) is 58.6 Å². The number of nitrogens with zero attached hydrogens (tertiary/aromatic N) is 3. The van der Waals surface area contributed by atoms with Crippen molar-refractivity contribution in [3.05, 3.63) is 88.3 Å². The number of rotatable bonds is 7. The van der Waals surface area contributed by atoms with E-state index in [-0.39, 0.29) is 0 Å². The number of fused-ring (bicyclic) bond motifs is 1. The summed E-state index contributed by atoms with van der Waals surface area (Å²) in [5.74, 6) is 1.29. The molecule has 180 valence electrons. The number of aryl methyl sites for hydroxylation is 1. The van der Waals surface area contributed by atoms with Crippen LogP contribution in [0.3, 0.4) is 0 Å². The van der Waals surface area contributed by atoms with Gasteiger partial charge in [-0.1, -0.05) is 18.2 Å². The highest BCUT2D eigenvalue weighted by molar-refractivity contribution is 7.08. The van der Waals surface area contributed by atoms with Gasteiger partial charge in [0.15, 0.2) is 5.60 Å². The van der Waals surface area contributed by atoms with Crippen molar-refractivity contribution in [2.24, 2.45) is 7.05 Å². The minimum Gasteiger partial charge on any atom is -0.494 e. The van der Waals surface area contributed by atoms with E-state index < -0.39 is 10.5 Å². The third-order valence-corrected chi connectivity index (χ3v) is 7.68. The maximum absolute atomic E-state index is 12.4. The monoisotopic (exact) mass is 507 g/mol. The van der Waals surface area contributed by atoms with Crippen LogP contribution in [0.1, 0.15) is 29.4 Å². The number of pyridine rings is 1. The van der Waals surface area contributed by atoms with Crippen LogP contribution < -0.4 is 9.47 Å². The number of imidazole rings is 1. The van der Waals surface area contributed by atoms with E-state index in [1.54, 1.807) is 19.6 Å². The first kappa shape index (κ1) is 23.6. The van der Waals surface area contributed by atoms with Gasteiger partial charge in [-0.25, -0.2) is 9.97 Å². The van der Waals surface area contributed by atoms with Crippen LogP contribution in [0.5, 0.6) is 11.6 Å². The second-order valence-electron chi connectivity index (χ2n) is 8.52. The minimum absolute atomic E-state index is 0.336. The molecule has 6 nitrogen and oxygen atoms in total. The molecule has 0 saturated carbocycles. The number of alkyl halides is 1. The second kappa shape index (κ2) is 9.15. The van der Waals surface area contributed by atoms with Gasteiger partial charge in [0.1, 0.15) is 10.6 Å². The largest absolute Gasteiger partial charge is 0.494 e. The zero-order valence-corrected chi connectivity index (χ0v) is 21.3. The molecule has 8 heteroatoms. The quantitative estimate of drug-likeness (QED) is 0.338. The molecule has 3 heterocycles. The molecule has 0 saturated heterocycles. The second-order valence-corrected chi connectivity index (χ2v) is 9.98. The summed E-state index contributed by atoms with van der Waals surface area (Å²) in [5.41, 5.74) is 3.37. The highest BCUT2D eigenvalue weighted by Crippen LogP contribution is 2.50. The molecule has 4 aromatic rings. The summed E-state index contributed by atoms with van der Waals surface area (Å²) in [5, 5.41) is 16.3. The van der Waals surface area contributed by atoms with Crippen molar-refractivity contribution in [2.45, 2.75) is 23.8 Å². The fraction of sp³-hybridized carbons (Fsp3) is 0.259. The molecule has 0 bridgehead atoms.